The zero-order chi connectivity index (χ0) is 23.4. The van der Waals surface area contributed by atoms with Crippen molar-refractivity contribution in [3.63, 3.8) is 0 Å². The van der Waals surface area contributed by atoms with Gasteiger partial charge in [-0.05, 0) is 40.8 Å². The predicted molar refractivity (Wildman–Crippen MR) is 129 cm³/mol. The number of carbonyl (C=O) groups excluding carboxylic acids is 1. The molecule has 33 heavy (non-hydrogen) atoms. The lowest BCUT2D eigenvalue weighted by atomic mass is 9.87. The van der Waals surface area contributed by atoms with Gasteiger partial charge in [-0.3, -0.25) is 9.48 Å². The Morgan fingerprint density at radius 1 is 0.970 bits per heavy atom. The third-order valence-electron chi connectivity index (χ3n) is 5.13. The SMILES string of the molecule is CC(C)(C)c1ccc(OCn2ccc(C(=O)Nc3ccn(Cc4ccccc4Cl)n3)n2)cc1. The molecular formula is C25H26ClN5O2. The van der Waals surface area contributed by atoms with E-state index in [0.29, 0.717) is 17.4 Å². The number of benzene rings is 2. The van der Waals surface area contributed by atoms with E-state index in [0.717, 1.165) is 11.3 Å². The molecule has 0 aliphatic heterocycles. The highest BCUT2D eigenvalue weighted by Crippen LogP contribution is 2.24. The van der Waals surface area contributed by atoms with E-state index in [-0.39, 0.29) is 23.7 Å². The van der Waals surface area contributed by atoms with Crippen LogP contribution < -0.4 is 10.1 Å². The van der Waals surface area contributed by atoms with E-state index in [1.807, 2.05) is 36.4 Å². The van der Waals surface area contributed by atoms with Crippen molar-refractivity contribution in [1.29, 1.82) is 0 Å². The van der Waals surface area contributed by atoms with Gasteiger partial charge in [-0.2, -0.15) is 10.2 Å². The maximum Gasteiger partial charge on any atom is 0.277 e. The second-order valence-corrected chi connectivity index (χ2v) is 9.14. The molecule has 8 heteroatoms. The van der Waals surface area contributed by atoms with Gasteiger partial charge in [0.25, 0.3) is 5.91 Å². The maximum atomic E-state index is 12.6. The van der Waals surface area contributed by atoms with Gasteiger partial charge in [0.2, 0.25) is 0 Å². The molecule has 0 bridgehead atoms. The summed E-state index contributed by atoms with van der Waals surface area (Å²) in [7, 11) is 0. The van der Waals surface area contributed by atoms with Gasteiger partial charge < -0.3 is 10.1 Å². The molecule has 0 spiro atoms. The monoisotopic (exact) mass is 463 g/mol. The van der Waals surface area contributed by atoms with Crippen LogP contribution in [-0.4, -0.2) is 25.5 Å². The maximum absolute atomic E-state index is 12.6. The van der Waals surface area contributed by atoms with Gasteiger partial charge in [0.15, 0.2) is 18.2 Å². The predicted octanol–water partition coefficient (Wildman–Crippen LogP) is 5.37. The summed E-state index contributed by atoms with van der Waals surface area (Å²) in [6.45, 7) is 7.22. The number of hydrogen-bond acceptors (Lipinski definition) is 4. The molecule has 7 nitrogen and oxygen atoms in total. The smallest absolute Gasteiger partial charge is 0.277 e. The minimum atomic E-state index is -0.341. The van der Waals surface area contributed by atoms with Gasteiger partial charge in [-0.15, -0.1) is 0 Å². The van der Waals surface area contributed by atoms with Crippen molar-refractivity contribution in [2.75, 3.05) is 5.32 Å². The Bertz CT molecular complexity index is 1240. The summed E-state index contributed by atoms with van der Waals surface area (Å²) in [6.07, 6.45) is 3.49. The highest BCUT2D eigenvalue weighted by Gasteiger charge is 2.14. The zero-order valence-electron chi connectivity index (χ0n) is 18.8. The van der Waals surface area contributed by atoms with E-state index in [4.69, 9.17) is 16.3 Å². The Morgan fingerprint density at radius 2 is 1.70 bits per heavy atom. The van der Waals surface area contributed by atoms with Gasteiger partial charge >= 0.3 is 0 Å². The van der Waals surface area contributed by atoms with Crippen LogP contribution in [-0.2, 0) is 18.7 Å². The van der Waals surface area contributed by atoms with Gasteiger partial charge in [0.05, 0.1) is 6.54 Å². The highest BCUT2D eigenvalue weighted by atomic mass is 35.5. The summed E-state index contributed by atoms with van der Waals surface area (Å²) in [5, 5.41) is 12.1. The van der Waals surface area contributed by atoms with Crippen molar-refractivity contribution in [3.05, 3.63) is 94.9 Å². The van der Waals surface area contributed by atoms with Crippen molar-refractivity contribution in [3.8, 4) is 5.75 Å². The number of ether oxygens (including phenoxy) is 1. The lowest BCUT2D eigenvalue weighted by molar-refractivity contribution is 0.101. The van der Waals surface area contributed by atoms with Crippen LogP contribution in [0.2, 0.25) is 5.02 Å². The zero-order valence-corrected chi connectivity index (χ0v) is 19.6. The largest absolute Gasteiger partial charge is 0.471 e. The standard InChI is InChI=1S/C25H26ClN5O2/c1-25(2,3)19-8-10-20(11-9-19)33-17-31-14-12-22(28-31)24(32)27-23-13-15-30(29-23)16-18-6-4-5-7-21(18)26/h4-15H,16-17H2,1-3H3,(H,27,29,32). The minimum Gasteiger partial charge on any atom is -0.471 e. The molecule has 0 saturated heterocycles. The van der Waals surface area contributed by atoms with Crippen LogP contribution in [0.5, 0.6) is 5.75 Å². The quantitative estimate of drug-likeness (QED) is 0.400. The molecule has 4 rings (SSSR count). The van der Waals surface area contributed by atoms with E-state index >= 15 is 0 Å². The first-order valence-electron chi connectivity index (χ1n) is 10.6. The Hall–Kier alpha value is -3.58. The van der Waals surface area contributed by atoms with Crippen molar-refractivity contribution in [1.82, 2.24) is 19.6 Å². The number of anilines is 1. The molecule has 0 aliphatic rings. The molecule has 4 aromatic rings. The molecular weight excluding hydrogens is 438 g/mol. The first kappa shape index (κ1) is 22.6. The van der Waals surface area contributed by atoms with E-state index in [1.165, 1.54) is 5.56 Å². The molecule has 170 valence electrons. The fourth-order valence-corrected chi connectivity index (χ4v) is 3.44. The van der Waals surface area contributed by atoms with Crippen molar-refractivity contribution >= 4 is 23.3 Å². The fraction of sp³-hybridized carbons (Fsp3) is 0.240. The third-order valence-corrected chi connectivity index (χ3v) is 5.50. The number of nitrogens with one attached hydrogen (secondary N) is 1. The van der Waals surface area contributed by atoms with E-state index in [2.05, 4.69) is 48.4 Å². The molecule has 0 aliphatic carbocycles. The molecule has 1 N–H and O–H groups in total. The van der Waals surface area contributed by atoms with Crippen LogP contribution in [0.25, 0.3) is 0 Å². The van der Waals surface area contributed by atoms with Crippen LogP contribution in [0, 0.1) is 0 Å². The van der Waals surface area contributed by atoms with E-state index < -0.39 is 0 Å². The summed E-state index contributed by atoms with van der Waals surface area (Å²) < 4.78 is 9.07. The number of halogens is 1. The van der Waals surface area contributed by atoms with Crippen LogP contribution >= 0.6 is 11.6 Å². The molecule has 2 aromatic heterocycles. The van der Waals surface area contributed by atoms with Crippen LogP contribution in [0.3, 0.4) is 0 Å². The lowest BCUT2D eigenvalue weighted by Crippen LogP contribution is -2.15. The second-order valence-electron chi connectivity index (χ2n) is 8.73. The Balaban J connectivity index is 1.32. The highest BCUT2D eigenvalue weighted by molar-refractivity contribution is 6.31. The van der Waals surface area contributed by atoms with Crippen LogP contribution in [0.1, 0.15) is 42.4 Å². The van der Waals surface area contributed by atoms with E-state index in [9.17, 15) is 4.79 Å². The van der Waals surface area contributed by atoms with Crippen molar-refractivity contribution in [2.24, 2.45) is 0 Å². The normalized spacial score (nSPS) is 11.4. The molecule has 0 atom stereocenters. The van der Waals surface area contributed by atoms with Crippen molar-refractivity contribution in [2.45, 2.75) is 39.5 Å². The summed E-state index contributed by atoms with van der Waals surface area (Å²) in [5.74, 6) is 0.844. The summed E-state index contributed by atoms with van der Waals surface area (Å²) in [5.41, 5.74) is 2.56. The Labute approximate surface area is 197 Å². The number of carbonyl (C=O) groups is 1. The van der Waals surface area contributed by atoms with Crippen molar-refractivity contribution < 1.29 is 9.53 Å². The first-order valence-corrected chi connectivity index (χ1v) is 11.0. The topological polar surface area (TPSA) is 74.0 Å². The third kappa shape index (κ3) is 5.81. The molecule has 1 amide bonds. The summed E-state index contributed by atoms with van der Waals surface area (Å²) >= 11 is 6.21. The number of amides is 1. The van der Waals surface area contributed by atoms with Gasteiger partial charge in [0.1, 0.15) is 5.75 Å². The van der Waals surface area contributed by atoms with Gasteiger partial charge in [-0.25, -0.2) is 4.68 Å². The Kier molecular flexibility index (Phi) is 6.51. The van der Waals surface area contributed by atoms with Gasteiger partial charge in [0, 0.05) is 23.5 Å². The average Bonchev–Trinajstić information content (AvgIpc) is 3.43. The Morgan fingerprint density at radius 3 is 2.42 bits per heavy atom. The number of rotatable bonds is 7. The molecule has 0 saturated carbocycles. The fourth-order valence-electron chi connectivity index (χ4n) is 3.24. The minimum absolute atomic E-state index is 0.0905. The van der Waals surface area contributed by atoms with Gasteiger partial charge in [-0.1, -0.05) is 62.7 Å². The van der Waals surface area contributed by atoms with E-state index in [1.54, 1.807) is 33.9 Å². The molecule has 0 radical (unpaired) electrons. The molecule has 0 fully saturated rings. The first-order chi connectivity index (χ1) is 15.8. The van der Waals surface area contributed by atoms with Crippen LogP contribution in [0.4, 0.5) is 5.82 Å². The molecule has 2 heterocycles. The number of nitrogens with zero attached hydrogens (tertiary/aromatic N) is 4. The van der Waals surface area contributed by atoms with Crippen LogP contribution in [0.15, 0.2) is 73.1 Å². The molecule has 0 unspecified atom stereocenters. The summed E-state index contributed by atoms with van der Waals surface area (Å²) in [6, 6.07) is 19.0. The molecule has 2 aromatic carbocycles. The summed E-state index contributed by atoms with van der Waals surface area (Å²) in [4.78, 5) is 12.6. The number of aromatic nitrogens is 4. The number of hydrogen-bond donors (Lipinski definition) is 1. The average molecular weight is 464 g/mol. The second kappa shape index (κ2) is 9.50. The lowest BCUT2D eigenvalue weighted by Gasteiger charge is -2.19.